The third-order valence-corrected chi connectivity index (χ3v) is 4.46. The Hall–Kier alpha value is -1.36. The Labute approximate surface area is 136 Å². The molecule has 3 rings (SSSR count). The molecule has 22 heavy (non-hydrogen) atoms. The van der Waals surface area contributed by atoms with E-state index >= 15 is 0 Å². The fraction of sp³-hybridized carbons (Fsp3) is 0.471. The van der Waals surface area contributed by atoms with Crippen molar-refractivity contribution in [1.82, 2.24) is 15.1 Å². The maximum Gasteiger partial charge on any atom is 0.0700 e. The summed E-state index contributed by atoms with van der Waals surface area (Å²) >= 11 is 5.95. The molecule has 5 heteroatoms. The number of benzene rings is 1. The minimum Gasteiger partial charge on any atom is -0.377 e. The van der Waals surface area contributed by atoms with Crippen LogP contribution in [-0.4, -0.2) is 29.0 Å². The summed E-state index contributed by atoms with van der Waals surface area (Å²) in [6.45, 7) is 6.80. The van der Waals surface area contributed by atoms with Crippen LogP contribution in [0.25, 0.3) is 5.69 Å². The van der Waals surface area contributed by atoms with Crippen LogP contribution in [0.5, 0.6) is 0 Å². The molecule has 0 spiro atoms. The Morgan fingerprint density at radius 1 is 1.32 bits per heavy atom. The second-order valence-electron chi connectivity index (χ2n) is 5.80. The van der Waals surface area contributed by atoms with Gasteiger partial charge in [0.1, 0.15) is 0 Å². The van der Waals surface area contributed by atoms with Gasteiger partial charge in [-0.1, -0.05) is 11.6 Å². The predicted octanol–water partition coefficient (Wildman–Crippen LogP) is 3.41. The number of hydrogen-bond acceptors (Lipinski definition) is 3. The first kappa shape index (κ1) is 15.5. The first-order valence-corrected chi connectivity index (χ1v) is 8.16. The second-order valence-corrected chi connectivity index (χ2v) is 6.24. The summed E-state index contributed by atoms with van der Waals surface area (Å²) in [5.74, 6) is 0. The normalized spacial score (nSPS) is 18.0. The van der Waals surface area contributed by atoms with Crippen LogP contribution in [0, 0.1) is 13.8 Å². The third-order valence-electron chi connectivity index (χ3n) is 4.21. The van der Waals surface area contributed by atoms with Gasteiger partial charge in [0.05, 0.1) is 17.5 Å². The Balaban J connectivity index is 1.70. The van der Waals surface area contributed by atoms with Gasteiger partial charge >= 0.3 is 0 Å². The zero-order valence-electron chi connectivity index (χ0n) is 13.1. The molecule has 1 saturated heterocycles. The highest BCUT2D eigenvalue weighted by atomic mass is 35.5. The molecule has 1 atom stereocenters. The second kappa shape index (κ2) is 6.82. The summed E-state index contributed by atoms with van der Waals surface area (Å²) in [7, 11) is 0. The zero-order valence-corrected chi connectivity index (χ0v) is 13.9. The van der Waals surface area contributed by atoms with Crippen LogP contribution in [0.15, 0.2) is 24.3 Å². The number of rotatable bonds is 5. The highest BCUT2D eigenvalue weighted by molar-refractivity contribution is 6.30. The summed E-state index contributed by atoms with van der Waals surface area (Å²) in [6.07, 6.45) is 2.71. The van der Waals surface area contributed by atoms with E-state index in [-0.39, 0.29) is 0 Å². The van der Waals surface area contributed by atoms with E-state index in [1.54, 1.807) is 0 Å². The maximum atomic E-state index is 5.95. The summed E-state index contributed by atoms with van der Waals surface area (Å²) in [4.78, 5) is 0. The SMILES string of the molecule is Cc1nn(-c2ccc(Cl)cc2)c(C)c1CNCC1CCCO1. The van der Waals surface area contributed by atoms with Crippen LogP contribution in [0.2, 0.25) is 5.02 Å². The molecule has 2 aromatic rings. The molecular weight excluding hydrogens is 298 g/mol. The molecule has 1 aliphatic heterocycles. The number of hydrogen-bond donors (Lipinski definition) is 1. The van der Waals surface area contributed by atoms with Gasteiger partial charge in [-0.15, -0.1) is 0 Å². The Morgan fingerprint density at radius 3 is 2.77 bits per heavy atom. The monoisotopic (exact) mass is 319 g/mol. The molecule has 1 aliphatic rings. The zero-order chi connectivity index (χ0) is 15.5. The fourth-order valence-corrected chi connectivity index (χ4v) is 3.05. The lowest BCUT2D eigenvalue weighted by atomic mass is 10.2. The van der Waals surface area contributed by atoms with Crippen LogP contribution in [0.4, 0.5) is 0 Å². The van der Waals surface area contributed by atoms with Gasteiger partial charge in [0, 0.05) is 36.0 Å². The van der Waals surface area contributed by atoms with Gasteiger partial charge in [-0.05, 0) is 51.0 Å². The molecule has 2 heterocycles. The van der Waals surface area contributed by atoms with Crippen molar-refractivity contribution in [2.45, 2.75) is 39.3 Å². The molecule has 0 aliphatic carbocycles. The van der Waals surface area contributed by atoms with Gasteiger partial charge in [0.25, 0.3) is 0 Å². The lowest BCUT2D eigenvalue weighted by molar-refractivity contribution is 0.110. The van der Waals surface area contributed by atoms with Crippen LogP contribution in [0.3, 0.4) is 0 Å². The molecule has 1 N–H and O–H groups in total. The predicted molar refractivity (Wildman–Crippen MR) is 88.7 cm³/mol. The van der Waals surface area contributed by atoms with Gasteiger partial charge in [0.15, 0.2) is 0 Å². The Morgan fingerprint density at radius 2 is 2.09 bits per heavy atom. The smallest absolute Gasteiger partial charge is 0.0700 e. The topological polar surface area (TPSA) is 39.1 Å². The van der Waals surface area contributed by atoms with E-state index in [2.05, 4.69) is 24.3 Å². The van der Waals surface area contributed by atoms with Gasteiger partial charge in [-0.3, -0.25) is 0 Å². The molecule has 1 unspecified atom stereocenters. The maximum absolute atomic E-state index is 5.95. The van der Waals surface area contributed by atoms with Gasteiger partial charge in [0.2, 0.25) is 0 Å². The standard InChI is InChI=1S/C17H22ClN3O/c1-12-17(11-19-10-16-4-3-9-22-16)13(2)21(20-12)15-7-5-14(18)6-8-15/h5-8,16,19H,3-4,9-11H2,1-2H3. The molecule has 0 amide bonds. The Bertz CT molecular complexity index is 630. The average molecular weight is 320 g/mol. The number of nitrogens with zero attached hydrogens (tertiary/aromatic N) is 2. The number of aryl methyl sites for hydroxylation is 1. The molecule has 1 aromatic heterocycles. The van der Waals surface area contributed by atoms with Crippen molar-refractivity contribution in [3.63, 3.8) is 0 Å². The van der Waals surface area contributed by atoms with Crippen LogP contribution >= 0.6 is 11.6 Å². The summed E-state index contributed by atoms with van der Waals surface area (Å²) < 4.78 is 7.62. The van der Waals surface area contributed by atoms with Crippen molar-refractivity contribution >= 4 is 11.6 Å². The van der Waals surface area contributed by atoms with Crippen molar-refractivity contribution < 1.29 is 4.74 Å². The number of ether oxygens (including phenoxy) is 1. The van der Waals surface area contributed by atoms with Crippen molar-refractivity contribution in [3.8, 4) is 5.69 Å². The van der Waals surface area contributed by atoms with E-state index in [9.17, 15) is 0 Å². The van der Waals surface area contributed by atoms with Crippen molar-refractivity contribution in [2.75, 3.05) is 13.2 Å². The summed E-state index contributed by atoms with van der Waals surface area (Å²) in [6, 6.07) is 7.77. The molecule has 1 aromatic carbocycles. The van der Waals surface area contributed by atoms with Gasteiger partial charge in [-0.25, -0.2) is 4.68 Å². The van der Waals surface area contributed by atoms with Crippen molar-refractivity contribution in [3.05, 3.63) is 46.2 Å². The number of halogens is 1. The van der Waals surface area contributed by atoms with E-state index in [0.29, 0.717) is 6.10 Å². The quantitative estimate of drug-likeness (QED) is 0.918. The number of nitrogens with one attached hydrogen (secondary N) is 1. The molecule has 118 valence electrons. The molecular formula is C17H22ClN3O. The van der Waals surface area contributed by atoms with Crippen LogP contribution < -0.4 is 5.32 Å². The van der Waals surface area contributed by atoms with Crippen molar-refractivity contribution in [1.29, 1.82) is 0 Å². The highest BCUT2D eigenvalue weighted by Crippen LogP contribution is 2.19. The Kier molecular flexibility index (Phi) is 4.81. The van der Waals surface area contributed by atoms with Gasteiger partial charge in [-0.2, -0.15) is 5.10 Å². The third kappa shape index (κ3) is 3.35. The highest BCUT2D eigenvalue weighted by Gasteiger charge is 2.16. The molecule has 4 nitrogen and oxygen atoms in total. The average Bonchev–Trinajstić information content (AvgIpc) is 3.11. The lowest BCUT2D eigenvalue weighted by Gasteiger charge is -2.11. The largest absolute Gasteiger partial charge is 0.377 e. The van der Waals surface area contributed by atoms with Crippen LogP contribution in [0.1, 0.15) is 29.8 Å². The van der Waals surface area contributed by atoms with E-state index in [1.807, 2.05) is 28.9 Å². The van der Waals surface area contributed by atoms with E-state index in [1.165, 1.54) is 17.7 Å². The molecule has 0 bridgehead atoms. The lowest BCUT2D eigenvalue weighted by Crippen LogP contribution is -2.26. The van der Waals surface area contributed by atoms with Crippen LogP contribution in [-0.2, 0) is 11.3 Å². The van der Waals surface area contributed by atoms with Crippen molar-refractivity contribution in [2.24, 2.45) is 0 Å². The molecule has 1 fully saturated rings. The summed E-state index contributed by atoms with van der Waals surface area (Å²) in [5, 5.41) is 8.90. The van der Waals surface area contributed by atoms with E-state index < -0.39 is 0 Å². The first-order chi connectivity index (χ1) is 10.6. The molecule has 0 saturated carbocycles. The fourth-order valence-electron chi connectivity index (χ4n) is 2.93. The first-order valence-electron chi connectivity index (χ1n) is 7.78. The summed E-state index contributed by atoms with van der Waals surface area (Å²) in [5.41, 5.74) is 4.52. The van der Waals surface area contributed by atoms with E-state index in [0.717, 1.165) is 42.5 Å². The van der Waals surface area contributed by atoms with E-state index in [4.69, 9.17) is 16.3 Å². The van der Waals surface area contributed by atoms with Gasteiger partial charge < -0.3 is 10.1 Å². The molecule has 0 radical (unpaired) electrons. The minimum atomic E-state index is 0.368. The number of aromatic nitrogens is 2. The minimum absolute atomic E-state index is 0.368.